The topological polar surface area (TPSA) is 26.3 Å². The molecule has 0 saturated carbocycles. The SMILES string of the molecule is CCC(C)CC1CC=C(CCCC(=O)Oc2ccccc2)CC1. The van der Waals surface area contributed by atoms with Crippen molar-refractivity contribution in [2.45, 2.75) is 65.2 Å². The van der Waals surface area contributed by atoms with Crippen LogP contribution < -0.4 is 4.74 Å². The third-order valence-corrected chi connectivity index (χ3v) is 4.90. The fourth-order valence-electron chi connectivity index (χ4n) is 3.25. The predicted octanol–water partition coefficient (Wildman–Crippen LogP) is 5.93. The molecule has 0 aliphatic heterocycles. The summed E-state index contributed by atoms with van der Waals surface area (Å²) in [6.45, 7) is 4.64. The van der Waals surface area contributed by atoms with Crippen molar-refractivity contribution in [3.05, 3.63) is 42.0 Å². The summed E-state index contributed by atoms with van der Waals surface area (Å²) in [5.74, 6) is 2.24. The van der Waals surface area contributed by atoms with E-state index in [0.29, 0.717) is 12.2 Å². The van der Waals surface area contributed by atoms with Crippen molar-refractivity contribution < 1.29 is 9.53 Å². The minimum Gasteiger partial charge on any atom is -0.427 e. The highest BCUT2D eigenvalue weighted by atomic mass is 16.5. The first-order valence-corrected chi connectivity index (χ1v) is 9.11. The molecule has 1 aromatic carbocycles. The van der Waals surface area contributed by atoms with Crippen molar-refractivity contribution >= 4 is 5.97 Å². The Balaban J connectivity index is 1.64. The number of ether oxygens (including phenoxy) is 1. The third kappa shape index (κ3) is 6.60. The first kappa shape index (κ1) is 17.8. The van der Waals surface area contributed by atoms with E-state index in [4.69, 9.17) is 4.74 Å². The highest BCUT2D eigenvalue weighted by Crippen LogP contribution is 2.31. The van der Waals surface area contributed by atoms with Crippen molar-refractivity contribution in [3.63, 3.8) is 0 Å². The maximum Gasteiger partial charge on any atom is 0.311 e. The molecular formula is C21H30O2. The van der Waals surface area contributed by atoms with Gasteiger partial charge in [0.15, 0.2) is 0 Å². The Morgan fingerprint density at radius 3 is 2.74 bits per heavy atom. The number of hydrogen-bond donors (Lipinski definition) is 0. The van der Waals surface area contributed by atoms with Gasteiger partial charge in [-0.2, -0.15) is 0 Å². The van der Waals surface area contributed by atoms with E-state index < -0.39 is 0 Å². The highest BCUT2D eigenvalue weighted by Gasteiger charge is 2.16. The predicted molar refractivity (Wildman–Crippen MR) is 95.4 cm³/mol. The summed E-state index contributed by atoms with van der Waals surface area (Å²) < 4.78 is 5.32. The zero-order valence-corrected chi connectivity index (χ0v) is 14.6. The lowest BCUT2D eigenvalue weighted by molar-refractivity contribution is -0.134. The Labute approximate surface area is 140 Å². The molecule has 0 spiro atoms. The molecule has 1 aromatic rings. The van der Waals surface area contributed by atoms with Gasteiger partial charge in [-0.1, -0.05) is 50.1 Å². The van der Waals surface area contributed by atoms with E-state index in [2.05, 4.69) is 19.9 Å². The molecule has 2 unspecified atom stereocenters. The van der Waals surface area contributed by atoms with Crippen LogP contribution in [0.25, 0.3) is 0 Å². The second kappa shape index (κ2) is 9.54. The van der Waals surface area contributed by atoms with Gasteiger partial charge in [0.05, 0.1) is 0 Å². The molecule has 23 heavy (non-hydrogen) atoms. The maximum absolute atomic E-state index is 11.8. The van der Waals surface area contributed by atoms with Crippen LogP contribution in [0.2, 0.25) is 0 Å². The number of carbonyl (C=O) groups is 1. The van der Waals surface area contributed by atoms with Crippen LogP contribution in [0.5, 0.6) is 5.75 Å². The molecule has 2 heteroatoms. The second-order valence-corrected chi connectivity index (χ2v) is 6.89. The number of benzene rings is 1. The van der Waals surface area contributed by atoms with Crippen LogP contribution in [0.3, 0.4) is 0 Å². The summed E-state index contributed by atoms with van der Waals surface area (Å²) in [5, 5.41) is 0. The standard InChI is InChI=1S/C21H30O2/c1-3-17(2)16-19-14-12-18(13-15-19)8-7-11-21(22)23-20-9-5-4-6-10-20/h4-6,9-10,12,17,19H,3,7-8,11,13-16H2,1-2H3. The molecule has 2 atom stereocenters. The van der Waals surface area contributed by atoms with Crippen LogP contribution >= 0.6 is 0 Å². The fourth-order valence-corrected chi connectivity index (χ4v) is 3.25. The summed E-state index contributed by atoms with van der Waals surface area (Å²) >= 11 is 0. The maximum atomic E-state index is 11.8. The number of allylic oxidation sites excluding steroid dienone is 2. The Hall–Kier alpha value is -1.57. The van der Waals surface area contributed by atoms with Gasteiger partial charge in [0.25, 0.3) is 0 Å². The number of carbonyl (C=O) groups excluding carboxylic acids is 1. The van der Waals surface area contributed by atoms with E-state index in [0.717, 1.165) is 24.7 Å². The monoisotopic (exact) mass is 314 g/mol. The van der Waals surface area contributed by atoms with E-state index in [1.807, 2.05) is 30.3 Å². The second-order valence-electron chi connectivity index (χ2n) is 6.89. The van der Waals surface area contributed by atoms with E-state index in [1.54, 1.807) is 0 Å². The van der Waals surface area contributed by atoms with E-state index in [1.165, 1.54) is 37.7 Å². The fraction of sp³-hybridized carbons (Fsp3) is 0.571. The molecule has 0 amide bonds. The van der Waals surface area contributed by atoms with E-state index >= 15 is 0 Å². The zero-order valence-electron chi connectivity index (χ0n) is 14.6. The van der Waals surface area contributed by atoms with Crippen molar-refractivity contribution in [2.24, 2.45) is 11.8 Å². The van der Waals surface area contributed by atoms with Crippen molar-refractivity contribution in [3.8, 4) is 5.75 Å². The largest absolute Gasteiger partial charge is 0.427 e. The highest BCUT2D eigenvalue weighted by molar-refractivity contribution is 5.72. The Morgan fingerprint density at radius 2 is 2.09 bits per heavy atom. The summed E-state index contributed by atoms with van der Waals surface area (Å²) in [6, 6.07) is 9.32. The number of rotatable bonds is 8. The summed E-state index contributed by atoms with van der Waals surface area (Å²) in [4.78, 5) is 11.8. The molecule has 1 aliphatic carbocycles. The Bertz CT molecular complexity index is 504. The number of hydrogen-bond acceptors (Lipinski definition) is 2. The van der Waals surface area contributed by atoms with Crippen LogP contribution in [0.15, 0.2) is 42.0 Å². The summed E-state index contributed by atoms with van der Waals surface area (Å²) in [5.41, 5.74) is 1.54. The Kier molecular flexibility index (Phi) is 7.38. The minimum absolute atomic E-state index is 0.123. The molecule has 0 heterocycles. The number of esters is 1. The van der Waals surface area contributed by atoms with Crippen LogP contribution in [0.4, 0.5) is 0 Å². The van der Waals surface area contributed by atoms with E-state index in [-0.39, 0.29) is 5.97 Å². The molecule has 0 saturated heterocycles. The van der Waals surface area contributed by atoms with Gasteiger partial charge in [-0.05, 0) is 62.5 Å². The van der Waals surface area contributed by atoms with Gasteiger partial charge in [0.2, 0.25) is 0 Å². The molecule has 2 rings (SSSR count). The lowest BCUT2D eigenvalue weighted by atomic mass is 9.82. The van der Waals surface area contributed by atoms with E-state index in [9.17, 15) is 4.79 Å². The summed E-state index contributed by atoms with van der Waals surface area (Å²) in [6.07, 6.45) is 11.3. The molecule has 1 aliphatic rings. The van der Waals surface area contributed by atoms with Crippen LogP contribution in [0.1, 0.15) is 65.2 Å². The zero-order chi connectivity index (χ0) is 16.5. The van der Waals surface area contributed by atoms with Gasteiger partial charge in [0.1, 0.15) is 5.75 Å². The van der Waals surface area contributed by atoms with Crippen molar-refractivity contribution in [1.82, 2.24) is 0 Å². The molecule has 0 fully saturated rings. The molecule has 2 nitrogen and oxygen atoms in total. The molecule has 0 N–H and O–H groups in total. The molecule has 0 radical (unpaired) electrons. The van der Waals surface area contributed by atoms with Crippen LogP contribution in [-0.4, -0.2) is 5.97 Å². The summed E-state index contributed by atoms with van der Waals surface area (Å²) in [7, 11) is 0. The molecule has 126 valence electrons. The minimum atomic E-state index is -0.123. The van der Waals surface area contributed by atoms with Crippen LogP contribution in [-0.2, 0) is 4.79 Å². The van der Waals surface area contributed by atoms with Crippen LogP contribution in [0, 0.1) is 11.8 Å². The molecule has 0 bridgehead atoms. The first-order chi connectivity index (χ1) is 11.2. The molecule has 0 aromatic heterocycles. The molecular weight excluding hydrogens is 284 g/mol. The van der Waals surface area contributed by atoms with Gasteiger partial charge in [0, 0.05) is 6.42 Å². The smallest absolute Gasteiger partial charge is 0.311 e. The van der Waals surface area contributed by atoms with Crippen molar-refractivity contribution in [2.75, 3.05) is 0 Å². The van der Waals surface area contributed by atoms with Gasteiger partial charge in [-0.25, -0.2) is 0 Å². The first-order valence-electron chi connectivity index (χ1n) is 9.11. The van der Waals surface area contributed by atoms with Gasteiger partial charge < -0.3 is 4.74 Å². The average molecular weight is 314 g/mol. The van der Waals surface area contributed by atoms with Gasteiger partial charge >= 0.3 is 5.97 Å². The number of para-hydroxylation sites is 1. The van der Waals surface area contributed by atoms with Gasteiger partial charge in [-0.15, -0.1) is 0 Å². The van der Waals surface area contributed by atoms with Crippen molar-refractivity contribution in [1.29, 1.82) is 0 Å². The van der Waals surface area contributed by atoms with Gasteiger partial charge in [-0.3, -0.25) is 4.79 Å². The Morgan fingerprint density at radius 1 is 1.30 bits per heavy atom. The lowest BCUT2D eigenvalue weighted by Crippen LogP contribution is -2.11. The third-order valence-electron chi connectivity index (χ3n) is 4.90. The lowest BCUT2D eigenvalue weighted by Gasteiger charge is -2.24. The normalized spacial score (nSPS) is 19.0. The quantitative estimate of drug-likeness (QED) is 0.338. The average Bonchev–Trinajstić information content (AvgIpc) is 2.57.